The number of likely N-dealkylation sites (N-methyl/N-ethyl adjacent to an activating group) is 1. The van der Waals surface area contributed by atoms with E-state index in [4.69, 9.17) is 10.5 Å². The number of hydrogen-bond donors (Lipinski definition) is 4. The fourth-order valence-corrected chi connectivity index (χ4v) is 3.55. The first-order valence-electron chi connectivity index (χ1n) is 10.4. The Bertz CT molecular complexity index is 1330. The third-order valence-electron chi connectivity index (χ3n) is 5.42. The molecule has 2 aromatic heterocycles. The van der Waals surface area contributed by atoms with E-state index in [2.05, 4.69) is 32.1 Å². The summed E-state index contributed by atoms with van der Waals surface area (Å²) in [6, 6.07) is 5.16. The molecule has 13 heteroatoms. The number of aliphatic hydroxyl groups excluding tert-OH is 2. The molecule has 2 unspecified atom stereocenters. The molecule has 4 atom stereocenters. The summed E-state index contributed by atoms with van der Waals surface area (Å²) in [6.45, 7) is 0.0290. The summed E-state index contributed by atoms with van der Waals surface area (Å²) in [4.78, 5) is 38.3. The van der Waals surface area contributed by atoms with Crippen molar-refractivity contribution in [3.63, 3.8) is 0 Å². The maximum atomic E-state index is 13.1. The lowest BCUT2D eigenvalue weighted by molar-refractivity contribution is -0.137. The van der Waals surface area contributed by atoms with Crippen LogP contribution >= 0.6 is 0 Å². The van der Waals surface area contributed by atoms with Crippen LogP contribution in [0.3, 0.4) is 0 Å². The molecule has 35 heavy (non-hydrogen) atoms. The predicted molar refractivity (Wildman–Crippen MR) is 120 cm³/mol. The van der Waals surface area contributed by atoms with Crippen molar-refractivity contribution >= 4 is 28.8 Å². The van der Waals surface area contributed by atoms with Crippen molar-refractivity contribution in [1.82, 2.24) is 29.7 Å². The Labute approximate surface area is 198 Å². The molecule has 1 aliphatic heterocycles. The monoisotopic (exact) mass is 483 g/mol. The first-order chi connectivity index (χ1) is 16.7. The van der Waals surface area contributed by atoms with Gasteiger partial charge in [0.2, 0.25) is 5.82 Å². The minimum absolute atomic E-state index is 0.0182. The van der Waals surface area contributed by atoms with E-state index in [1.807, 2.05) is 0 Å². The largest absolute Gasteiger partial charge is 0.387 e. The number of fused-ring (bicyclic) bond motifs is 1. The van der Waals surface area contributed by atoms with Gasteiger partial charge >= 0.3 is 0 Å². The first kappa shape index (κ1) is 24.0. The van der Waals surface area contributed by atoms with Gasteiger partial charge in [0.15, 0.2) is 23.8 Å². The fraction of sp³-hybridized carbons (Fsp3) is 0.318. The smallest absolute Gasteiger partial charge is 0.254 e. The van der Waals surface area contributed by atoms with Crippen molar-refractivity contribution in [3.05, 3.63) is 47.8 Å². The van der Waals surface area contributed by atoms with Crippen LogP contribution in [0.5, 0.6) is 0 Å². The number of rotatable bonds is 4. The maximum Gasteiger partial charge on any atom is 0.254 e. The zero-order valence-corrected chi connectivity index (χ0v) is 18.7. The van der Waals surface area contributed by atoms with E-state index in [9.17, 15) is 24.2 Å². The number of nitrogens with zero attached hydrogens (tertiary/aromatic N) is 5. The van der Waals surface area contributed by atoms with Crippen LogP contribution in [-0.2, 0) is 9.53 Å². The highest BCUT2D eigenvalue weighted by Crippen LogP contribution is 2.32. The molecule has 0 spiro atoms. The number of nitrogen functional groups attached to an aromatic ring is 1. The topological polar surface area (TPSA) is 169 Å². The van der Waals surface area contributed by atoms with Gasteiger partial charge in [-0.3, -0.25) is 14.2 Å². The number of ether oxygens (including phenoxy) is 1. The lowest BCUT2D eigenvalue weighted by Crippen LogP contribution is -2.41. The maximum absolute atomic E-state index is 13.1. The Balaban J connectivity index is 1.56. The van der Waals surface area contributed by atoms with Gasteiger partial charge in [0.25, 0.3) is 11.8 Å². The number of nitrogens with two attached hydrogens (primary N) is 1. The highest BCUT2D eigenvalue weighted by Gasteiger charge is 2.47. The molecule has 182 valence electrons. The van der Waals surface area contributed by atoms with Gasteiger partial charge in [0, 0.05) is 19.7 Å². The lowest BCUT2D eigenvalue weighted by atomic mass is 10.1. The standard InChI is InChI=1S/C22H22FN7O5/c1-25-20(33)17-15(31)16(32)22(35-17)30-10-26-14-18(24)27-13(28-19(14)30)4-3-9-29(2)21(34)11-5-7-12(23)8-6-11/h5-8,10,15-17,22,31-32H,9H2,1-2H3,(H,25,33)(H2,24,27,28)/t15-,16+,17?,22?/m0/s1. The fourth-order valence-electron chi connectivity index (χ4n) is 3.55. The van der Waals surface area contributed by atoms with Gasteiger partial charge in [-0.15, -0.1) is 0 Å². The van der Waals surface area contributed by atoms with E-state index >= 15 is 0 Å². The van der Waals surface area contributed by atoms with Crippen LogP contribution in [0, 0.1) is 17.7 Å². The zero-order chi connectivity index (χ0) is 25.3. The Morgan fingerprint density at radius 3 is 2.66 bits per heavy atom. The van der Waals surface area contributed by atoms with Gasteiger partial charge < -0.3 is 30.9 Å². The summed E-state index contributed by atoms with van der Waals surface area (Å²) < 4.78 is 20.0. The summed E-state index contributed by atoms with van der Waals surface area (Å²) in [6.07, 6.45) is -4.05. The van der Waals surface area contributed by atoms with Crippen LogP contribution in [0.1, 0.15) is 22.4 Å². The minimum Gasteiger partial charge on any atom is -0.387 e. The van der Waals surface area contributed by atoms with Crippen molar-refractivity contribution < 1.29 is 28.9 Å². The molecule has 12 nitrogen and oxygen atoms in total. The van der Waals surface area contributed by atoms with Gasteiger partial charge in [0.05, 0.1) is 12.9 Å². The van der Waals surface area contributed by atoms with Crippen molar-refractivity contribution in [1.29, 1.82) is 0 Å². The van der Waals surface area contributed by atoms with Gasteiger partial charge in [-0.1, -0.05) is 5.92 Å². The molecular weight excluding hydrogens is 461 g/mol. The second-order valence-electron chi connectivity index (χ2n) is 7.77. The molecule has 3 heterocycles. The first-order valence-corrected chi connectivity index (χ1v) is 10.4. The number of carbonyl (C=O) groups excluding carboxylic acids is 2. The molecule has 2 amide bonds. The van der Waals surface area contributed by atoms with Crippen molar-refractivity contribution in [3.8, 4) is 11.8 Å². The number of hydrogen-bond acceptors (Lipinski definition) is 9. The summed E-state index contributed by atoms with van der Waals surface area (Å²) in [5.41, 5.74) is 6.69. The number of nitrogens with one attached hydrogen (secondary N) is 1. The summed E-state index contributed by atoms with van der Waals surface area (Å²) in [5.74, 6) is 4.17. The Kier molecular flexibility index (Phi) is 6.61. The number of aliphatic hydroxyl groups is 2. The number of halogens is 1. The van der Waals surface area contributed by atoms with Gasteiger partial charge in [-0.2, -0.15) is 0 Å². The summed E-state index contributed by atoms with van der Waals surface area (Å²) in [7, 11) is 2.93. The molecule has 0 aliphatic carbocycles. The lowest BCUT2D eigenvalue weighted by Gasteiger charge is -2.16. The van der Waals surface area contributed by atoms with Gasteiger partial charge in [-0.05, 0) is 30.2 Å². The molecule has 5 N–H and O–H groups in total. The normalized spacial score (nSPS) is 21.4. The highest BCUT2D eigenvalue weighted by atomic mass is 19.1. The molecular formula is C22H22FN7O5. The van der Waals surface area contributed by atoms with Crippen LogP contribution in [0.25, 0.3) is 11.2 Å². The predicted octanol–water partition coefficient (Wildman–Crippen LogP) is -0.963. The minimum atomic E-state index is -1.47. The summed E-state index contributed by atoms with van der Waals surface area (Å²) in [5, 5.41) is 23.0. The molecule has 0 bridgehead atoms. The van der Waals surface area contributed by atoms with E-state index in [0.29, 0.717) is 5.56 Å². The molecule has 1 saturated heterocycles. The van der Waals surface area contributed by atoms with Crippen LogP contribution in [0.2, 0.25) is 0 Å². The molecule has 1 aliphatic rings. The van der Waals surface area contributed by atoms with Crippen molar-refractivity contribution in [2.75, 3.05) is 26.4 Å². The van der Waals surface area contributed by atoms with Crippen LogP contribution < -0.4 is 11.1 Å². The zero-order valence-electron chi connectivity index (χ0n) is 18.7. The molecule has 0 radical (unpaired) electrons. The van der Waals surface area contributed by atoms with Crippen LogP contribution in [-0.4, -0.2) is 85.4 Å². The molecule has 3 aromatic rings. The van der Waals surface area contributed by atoms with E-state index < -0.39 is 36.3 Å². The number of imidazole rings is 1. The van der Waals surface area contributed by atoms with Gasteiger partial charge in [-0.25, -0.2) is 19.3 Å². The number of amides is 2. The second kappa shape index (κ2) is 9.63. The molecule has 4 rings (SSSR count). The van der Waals surface area contributed by atoms with Gasteiger partial charge in [0.1, 0.15) is 23.5 Å². The second-order valence-corrected chi connectivity index (χ2v) is 7.77. The summed E-state index contributed by atoms with van der Waals surface area (Å²) >= 11 is 0. The quantitative estimate of drug-likeness (QED) is 0.341. The number of aromatic nitrogens is 4. The van der Waals surface area contributed by atoms with Crippen LogP contribution in [0.4, 0.5) is 10.2 Å². The number of anilines is 1. The number of carbonyl (C=O) groups is 2. The Hall–Kier alpha value is -4.12. The molecule has 1 fully saturated rings. The average Bonchev–Trinajstić information content (AvgIpc) is 3.39. The Morgan fingerprint density at radius 2 is 1.97 bits per heavy atom. The van der Waals surface area contributed by atoms with Crippen molar-refractivity contribution in [2.24, 2.45) is 0 Å². The third-order valence-corrected chi connectivity index (χ3v) is 5.42. The number of benzene rings is 1. The van der Waals surface area contributed by atoms with E-state index in [1.54, 1.807) is 7.05 Å². The average molecular weight is 483 g/mol. The highest BCUT2D eigenvalue weighted by molar-refractivity contribution is 5.94. The molecule has 0 saturated carbocycles. The molecule has 1 aromatic carbocycles. The van der Waals surface area contributed by atoms with Crippen molar-refractivity contribution in [2.45, 2.75) is 24.5 Å². The SMILES string of the molecule is CNC(=O)C1OC(n2cnc3c(N)nc(C#CCN(C)C(=O)c4ccc(F)cc4)nc32)[C@H](O)[C@@H]1O. The van der Waals surface area contributed by atoms with E-state index in [-0.39, 0.29) is 35.3 Å². The van der Waals surface area contributed by atoms with E-state index in [0.717, 1.165) is 0 Å². The third kappa shape index (κ3) is 4.62. The van der Waals surface area contributed by atoms with E-state index in [1.165, 1.54) is 47.1 Å². The van der Waals surface area contributed by atoms with Crippen LogP contribution in [0.15, 0.2) is 30.6 Å². The Morgan fingerprint density at radius 1 is 1.26 bits per heavy atom.